The summed E-state index contributed by atoms with van der Waals surface area (Å²) in [6.07, 6.45) is 1.05. The summed E-state index contributed by atoms with van der Waals surface area (Å²) in [6, 6.07) is 18.2. The van der Waals surface area contributed by atoms with Gasteiger partial charge >= 0.3 is 0 Å². The van der Waals surface area contributed by atoms with Crippen molar-refractivity contribution >= 4 is 5.69 Å². The summed E-state index contributed by atoms with van der Waals surface area (Å²) in [5.41, 5.74) is 4.39. The van der Waals surface area contributed by atoms with Gasteiger partial charge in [0.15, 0.2) is 0 Å². The van der Waals surface area contributed by atoms with Gasteiger partial charge in [-0.1, -0.05) is 30.3 Å². The number of nitrogens with zero attached hydrogens (tertiary/aromatic N) is 3. The molecule has 0 saturated carbocycles. The minimum atomic E-state index is -0.0944. The number of benzene rings is 2. The van der Waals surface area contributed by atoms with Crippen molar-refractivity contribution < 1.29 is 0 Å². The van der Waals surface area contributed by atoms with E-state index in [1.54, 1.807) is 18.2 Å². The average Bonchev–Trinajstić information content (AvgIpc) is 2.65. The Morgan fingerprint density at radius 3 is 2.28 bits per heavy atom. The number of hydrogen-bond acceptors (Lipinski definition) is 4. The first-order valence-electron chi connectivity index (χ1n) is 8.54. The highest BCUT2D eigenvalue weighted by Gasteiger charge is 2.30. The average molecular weight is 330 g/mol. The number of nitrogens with one attached hydrogen (secondary N) is 1. The molecule has 3 rings (SSSR count). The van der Waals surface area contributed by atoms with E-state index in [-0.39, 0.29) is 5.54 Å². The van der Waals surface area contributed by atoms with Gasteiger partial charge in [0, 0.05) is 25.2 Å². The number of para-hydroxylation sites is 1. The molecule has 1 heterocycles. The molecule has 0 fully saturated rings. The summed E-state index contributed by atoms with van der Waals surface area (Å²) >= 11 is 0. The zero-order valence-corrected chi connectivity index (χ0v) is 14.7. The quantitative estimate of drug-likeness (QED) is 0.929. The number of nitriles is 2. The van der Waals surface area contributed by atoms with Crippen molar-refractivity contribution in [3.8, 4) is 12.1 Å². The van der Waals surface area contributed by atoms with Crippen molar-refractivity contribution in [2.45, 2.75) is 32.4 Å². The normalized spacial score (nSPS) is 14.2. The Morgan fingerprint density at radius 1 is 1.00 bits per heavy atom. The summed E-state index contributed by atoms with van der Waals surface area (Å²) in [6.45, 7) is 7.01. The van der Waals surface area contributed by atoms with Gasteiger partial charge in [0.1, 0.15) is 12.1 Å². The fourth-order valence-electron chi connectivity index (χ4n) is 3.36. The number of anilines is 1. The Hall–Kier alpha value is -2.82. The largest absolute Gasteiger partial charge is 0.381 e. The molecule has 4 heteroatoms. The van der Waals surface area contributed by atoms with E-state index in [1.807, 2.05) is 0 Å². The van der Waals surface area contributed by atoms with E-state index in [9.17, 15) is 10.5 Å². The fourth-order valence-corrected chi connectivity index (χ4v) is 3.36. The molecule has 25 heavy (non-hydrogen) atoms. The number of fused-ring (bicyclic) bond motifs is 1. The molecule has 0 spiro atoms. The van der Waals surface area contributed by atoms with Gasteiger partial charge in [0.25, 0.3) is 0 Å². The first kappa shape index (κ1) is 17.0. The highest BCUT2D eigenvalue weighted by Crippen LogP contribution is 2.27. The third-order valence-corrected chi connectivity index (χ3v) is 4.99. The number of rotatable bonds is 4. The zero-order chi connectivity index (χ0) is 17.9. The van der Waals surface area contributed by atoms with Crippen molar-refractivity contribution in [1.29, 1.82) is 10.5 Å². The van der Waals surface area contributed by atoms with Gasteiger partial charge in [-0.3, -0.25) is 4.90 Å². The summed E-state index contributed by atoms with van der Waals surface area (Å²) in [5, 5.41) is 22.0. The Balaban J connectivity index is 1.76. The molecule has 2 aromatic rings. The van der Waals surface area contributed by atoms with Crippen LogP contribution in [0.5, 0.6) is 0 Å². The predicted molar refractivity (Wildman–Crippen MR) is 99.0 cm³/mol. The molecular formula is C21H22N4. The lowest BCUT2D eigenvalue weighted by atomic mass is 9.94. The first-order valence-corrected chi connectivity index (χ1v) is 8.54. The smallest absolute Gasteiger partial charge is 0.101 e. The molecule has 1 N–H and O–H groups in total. The molecule has 0 bridgehead atoms. The summed E-state index contributed by atoms with van der Waals surface area (Å²) in [7, 11) is 0. The second-order valence-corrected chi connectivity index (χ2v) is 7.06. The molecule has 0 unspecified atom stereocenters. The summed E-state index contributed by atoms with van der Waals surface area (Å²) < 4.78 is 0. The van der Waals surface area contributed by atoms with Crippen LogP contribution in [-0.2, 0) is 13.0 Å². The zero-order valence-electron chi connectivity index (χ0n) is 14.7. The topological polar surface area (TPSA) is 62.9 Å². The van der Waals surface area contributed by atoms with E-state index in [1.165, 1.54) is 11.1 Å². The standard InChI is InChI=1S/C21H22N4/c1-21(2,25-11-10-16-6-3-4-7-19(16)14-25)15-24-20-17(12-22)8-5-9-18(20)13-23/h3-9,24H,10-11,14-15H2,1-2H3. The Bertz CT molecular complexity index is 823. The SMILES string of the molecule is CC(C)(CNc1c(C#N)cccc1C#N)N1CCc2ccccc2C1. The molecular weight excluding hydrogens is 308 g/mol. The van der Waals surface area contributed by atoms with E-state index in [0.29, 0.717) is 23.4 Å². The van der Waals surface area contributed by atoms with Crippen molar-refractivity contribution in [2.24, 2.45) is 0 Å². The van der Waals surface area contributed by atoms with Crippen LogP contribution in [0.25, 0.3) is 0 Å². The molecule has 2 aromatic carbocycles. The van der Waals surface area contributed by atoms with Gasteiger partial charge in [-0.15, -0.1) is 0 Å². The monoisotopic (exact) mass is 330 g/mol. The van der Waals surface area contributed by atoms with Crippen molar-refractivity contribution in [1.82, 2.24) is 4.90 Å². The van der Waals surface area contributed by atoms with Crippen LogP contribution in [0.2, 0.25) is 0 Å². The van der Waals surface area contributed by atoms with Crippen LogP contribution in [0.4, 0.5) is 5.69 Å². The molecule has 126 valence electrons. The maximum absolute atomic E-state index is 9.32. The highest BCUT2D eigenvalue weighted by atomic mass is 15.2. The Morgan fingerprint density at radius 2 is 1.64 bits per heavy atom. The molecule has 0 saturated heterocycles. The van der Waals surface area contributed by atoms with Gasteiger partial charge in [0.2, 0.25) is 0 Å². The van der Waals surface area contributed by atoms with E-state index in [2.05, 4.69) is 60.5 Å². The van der Waals surface area contributed by atoms with Gasteiger partial charge in [-0.2, -0.15) is 10.5 Å². The summed E-state index contributed by atoms with van der Waals surface area (Å²) in [4.78, 5) is 2.46. The number of hydrogen-bond donors (Lipinski definition) is 1. The van der Waals surface area contributed by atoms with E-state index < -0.39 is 0 Å². The Labute approximate surface area is 149 Å². The minimum absolute atomic E-state index is 0.0944. The van der Waals surface area contributed by atoms with Crippen LogP contribution in [-0.4, -0.2) is 23.5 Å². The molecule has 0 aromatic heterocycles. The van der Waals surface area contributed by atoms with Gasteiger partial charge in [0.05, 0.1) is 16.8 Å². The van der Waals surface area contributed by atoms with Crippen LogP contribution in [0.3, 0.4) is 0 Å². The minimum Gasteiger partial charge on any atom is -0.381 e. The highest BCUT2D eigenvalue weighted by molar-refractivity contribution is 5.66. The lowest BCUT2D eigenvalue weighted by molar-refractivity contribution is 0.115. The van der Waals surface area contributed by atoms with Crippen molar-refractivity contribution in [3.63, 3.8) is 0 Å². The Kier molecular flexibility index (Phi) is 4.74. The predicted octanol–water partition coefficient (Wildman–Crippen LogP) is 3.68. The third kappa shape index (κ3) is 3.50. The van der Waals surface area contributed by atoms with Crippen LogP contribution in [0.1, 0.15) is 36.1 Å². The molecule has 0 atom stereocenters. The molecule has 1 aliphatic heterocycles. The van der Waals surface area contributed by atoms with Crippen LogP contribution < -0.4 is 5.32 Å². The lowest BCUT2D eigenvalue weighted by Crippen LogP contribution is -2.50. The van der Waals surface area contributed by atoms with Crippen LogP contribution in [0.15, 0.2) is 42.5 Å². The van der Waals surface area contributed by atoms with E-state index in [0.717, 1.165) is 19.5 Å². The summed E-state index contributed by atoms with van der Waals surface area (Å²) in [5.74, 6) is 0. The van der Waals surface area contributed by atoms with E-state index in [4.69, 9.17) is 0 Å². The second-order valence-electron chi connectivity index (χ2n) is 7.06. The van der Waals surface area contributed by atoms with Crippen molar-refractivity contribution in [3.05, 3.63) is 64.7 Å². The van der Waals surface area contributed by atoms with Crippen LogP contribution >= 0.6 is 0 Å². The molecule has 1 aliphatic rings. The molecule has 0 aliphatic carbocycles. The van der Waals surface area contributed by atoms with Gasteiger partial charge in [-0.25, -0.2) is 0 Å². The van der Waals surface area contributed by atoms with Gasteiger partial charge < -0.3 is 5.32 Å². The molecule has 0 amide bonds. The first-order chi connectivity index (χ1) is 12.0. The molecule has 4 nitrogen and oxygen atoms in total. The lowest BCUT2D eigenvalue weighted by Gasteiger charge is -2.42. The van der Waals surface area contributed by atoms with E-state index >= 15 is 0 Å². The maximum Gasteiger partial charge on any atom is 0.101 e. The third-order valence-electron chi connectivity index (χ3n) is 4.99. The van der Waals surface area contributed by atoms with Crippen LogP contribution in [0, 0.1) is 22.7 Å². The van der Waals surface area contributed by atoms with Gasteiger partial charge in [-0.05, 0) is 43.5 Å². The second kappa shape index (κ2) is 6.97. The fraction of sp³-hybridized carbons (Fsp3) is 0.333. The molecule has 0 radical (unpaired) electrons. The maximum atomic E-state index is 9.32. The van der Waals surface area contributed by atoms with Crippen molar-refractivity contribution in [2.75, 3.05) is 18.4 Å².